The average Bonchev–Trinajstić information content (AvgIpc) is 2.27. The third-order valence-electron chi connectivity index (χ3n) is 3.95. The molecule has 0 bridgehead atoms. The van der Waals surface area contributed by atoms with Crippen molar-refractivity contribution < 1.29 is 4.74 Å². The molecule has 2 atom stereocenters. The number of ether oxygens (including phenoxy) is 1. The van der Waals surface area contributed by atoms with Crippen LogP contribution in [0, 0.1) is 5.92 Å². The Kier molecular flexibility index (Phi) is 5.07. The van der Waals surface area contributed by atoms with E-state index in [0.717, 1.165) is 12.0 Å². The van der Waals surface area contributed by atoms with Crippen LogP contribution in [0.1, 0.15) is 52.4 Å². The Morgan fingerprint density at radius 1 is 1.27 bits per heavy atom. The third kappa shape index (κ3) is 4.12. The highest BCUT2D eigenvalue weighted by Gasteiger charge is 2.26. The summed E-state index contributed by atoms with van der Waals surface area (Å²) in [4.78, 5) is 0. The molecule has 1 aliphatic carbocycles. The smallest absolute Gasteiger partial charge is 0.0622 e. The van der Waals surface area contributed by atoms with Crippen molar-refractivity contribution in [2.45, 2.75) is 64.0 Å². The van der Waals surface area contributed by atoms with Crippen molar-refractivity contribution >= 4 is 0 Å². The lowest BCUT2D eigenvalue weighted by Gasteiger charge is -2.33. The van der Waals surface area contributed by atoms with Crippen molar-refractivity contribution in [3.63, 3.8) is 0 Å². The van der Waals surface area contributed by atoms with E-state index in [1.54, 1.807) is 0 Å². The maximum atomic E-state index is 5.48. The first-order valence-electron chi connectivity index (χ1n) is 6.31. The number of hydrogen-bond donors (Lipinski definition) is 1. The lowest BCUT2D eigenvalue weighted by molar-refractivity contribution is 0.00774. The zero-order valence-corrected chi connectivity index (χ0v) is 10.8. The zero-order valence-electron chi connectivity index (χ0n) is 10.8. The van der Waals surface area contributed by atoms with Gasteiger partial charge in [0.15, 0.2) is 0 Å². The number of rotatable bonds is 5. The molecule has 15 heavy (non-hydrogen) atoms. The molecule has 1 N–H and O–H groups in total. The highest BCUT2D eigenvalue weighted by Crippen LogP contribution is 2.30. The second-order valence-electron chi connectivity index (χ2n) is 5.44. The minimum absolute atomic E-state index is 0.0513. The Morgan fingerprint density at radius 3 is 2.53 bits per heavy atom. The summed E-state index contributed by atoms with van der Waals surface area (Å²) in [6.45, 7) is 4.37. The van der Waals surface area contributed by atoms with Gasteiger partial charge in [-0.2, -0.15) is 0 Å². The standard InChI is InChI=1S/C13H27NO/c1-13(2,15-4)10-9-11-7-5-6-8-12(11)14-3/h11-12,14H,5-10H2,1-4H3. The van der Waals surface area contributed by atoms with Gasteiger partial charge in [0, 0.05) is 13.2 Å². The lowest BCUT2D eigenvalue weighted by atomic mass is 9.80. The van der Waals surface area contributed by atoms with Gasteiger partial charge in [-0.1, -0.05) is 12.8 Å². The molecule has 2 nitrogen and oxygen atoms in total. The van der Waals surface area contributed by atoms with Gasteiger partial charge >= 0.3 is 0 Å². The van der Waals surface area contributed by atoms with Gasteiger partial charge in [-0.25, -0.2) is 0 Å². The Bertz CT molecular complexity index is 179. The summed E-state index contributed by atoms with van der Waals surface area (Å²) < 4.78 is 5.48. The van der Waals surface area contributed by atoms with Gasteiger partial charge in [0.2, 0.25) is 0 Å². The van der Waals surface area contributed by atoms with Crippen molar-refractivity contribution in [3.8, 4) is 0 Å². The number of methoxy groups -OCH3 is 1. The molecule has 0 heterocycles. The second kappa shape index (κ2) is 5.86. The summed E-state index contributed by atoms with van der Waals surface area (Å²) in [6, 6.07) is 0.742. The minimum atomic E-state index is 0.0513. The molecule has 0 amide bonds. The predicted octanol–water partition coefficient (Wildman–Crippen LogP) is 2.97. The van der Waals surface area contributed by atoms with Crippen molar-refractivity contribution in [1.29, 1.82) is 0 Å². The largest absolute Gasteiger partial charge is 0.379 e. The summed E-state index contributed by atoms with van der Waals surface area (Å²) in [5, 5.41) is 3.47. The lowest BCUT2D eigenvalue weighted by Crippen LogP contribution is -2.37. The average molecular weight is 213 g/mol. The van der Waals surface area contributed by atoms with E-state index >= 15 is 0 Å². The molecule has 0 aromatic heterocycles. The molecule has 0 aromatic carbocycles. The van der Waals surface area contributed by atoms with Crippen molar-refractivity contribution in [2.75, 3.05) is 14.2 Å². The van der Waals surface area contributed by atoms with Gasteiger partial charge in [0.05, 0.1) is 5.60 Å². The van der Waals surface area contributed by atoms with Gasteiger partial charge in [-0.05, 0) is 52.5 Å². The first-order chi connectivity index (χ1) is 7.09. The molecule has 90 valence electrons. The van der Waals surface area contributed by atoms with Crippen molar-refractivity contribution in [1.82, 2.24) is 5.32 Å². The van der Waals surface area contributed by atoms with Crippen LogP contribution in [0.3, 0.4) is 0 Å². The summed E-state index contributed by atoms with van der Waals surface area (Å²) in [7, 11) is 3.92. The topological polar surface area (TPSA) is 21.3 Å². The zero-order chi connectivity index (χ0) is 11.3. The fourth-order valence-corrected chi connectivity index (χ4v) is 2.57. The van der Waals surface area contributed by atoms with E-state index in [2.05, 4.69) is 26.2 Å². The van der Waals surface area contributed by atoms with Crippen LogP contribution in [0.4, 0.5) is 0 Å². The van der Waals surface area contributed by atoms with E-state index in [1.165, 1.54) is 38.5 Å². The molecule has 0 saturated heterocycles. The molecule has 1 fully saturated rings. The molecule has 0 aromatic rings. The highest BCUT2D eigenvalue weighted by atomic mass is 16.5. The molecular formula is C13H27NO. The van der Waals surface area contributed by atoms with Gasteiger partial charge < -0.3 is 10.1 Å². The van der Waals surface area contributed by atoms with E-state index < -0.39 is 0 Å². The summed E-state index contributed by atoms with van der Waals surface area (Å²) in [5.41, 5.74) is 0.0513. The predicted molar refractivity (Wildman–Crippen MR) is 65.1 cm³/mol. The molecule has 1 saturated carbocycles. The van der Waals surface area contributed by atoms with Crippen LogP contribution >= 0.6 is 0 Å². The summed E-state index contributed by atoms with van der Waals surface area (Å²) >= 11 is 0. The van der Waals surface area contributed by atoms with Crippen molar-refractivity contribution in [3.05, 3.63) is 0 Å². The fourth-order valence-electron chi connectivity index (χ4n) is 2.57. The van der Waals surface area contributed by atoms with Crippen molar-refractivity contribution in [2.24, 2.45) is 5.92 Å². The van der Waals surface area contributed by atoms with E-state index in [9.17, 15) is 0 Å². The van der Waals surface area contributed by atoms with Gasteiger partial charge in [-0.15, -0.1) is 0 Å². The van der Waals surface area contributed by atoms with Gasteiger partial charge in [-0.3, -0.25) is 0 Å². The SMILES string of the molecule is CNC1CCCCC1CCC(C)(C)OC. The molecule has 2 heteroatoms. The maximum Gasteiger partial charge on any atom is 0.0622 e. The van der Waals surface area contributed by atoms with Crippen LogP contribution < -0.4 is 5.32 Å². The summed E-state index contributed by atoms with van der Waals surface area (Å²) in [6.07, 6.45) is 8.03. The monoisotopic (exact) mass is 213 g/mol. The quantitative estimate of drug-likeness (QED) is 0.758. The second-order valence-corrected chi connectivity index (χ2v) is 5.44. The fraction of sp³-hybridized carbons (Fsp3) is 1.00. The first-order valence-corrected chi connectivity index (χ1v) is 6.31. The highest BCUT2D eigenvalue weighted by molar-refractivity contribution is 4.82. The van der Waals surface area contributed by atoms with Crippen LogP contribution in [0.2, 0.25) is 0 Å². The molecule has 1 aliphatic rings. The van der Waals surface area contributed by atoms with Crippen LogP contribution in [-0.4, -0.2) is 25.8 Å². The van der Waals surface area contributed by atoms with Gasteiger partial charge in [0.25, 0.3) is 0 Å². The molecule has 1 rings (SSSR count). The Morgan fingerprint density at radius 2 is 1.93 bits per heavy atom. The first kappa shape index (κ1) is 13.0. The molecule has 2 unspecified atom stereocenters. The van der Waals surface area contributed by atoms with Crippen LogP contribution in [0.25, 0.3) is 0 Å². The number of nitrogens with one attached hydrogen (secondary N) is 1. The molecule has 0 aliphatic heterocycles. The van der Waals surface area contributed by atoms with E-state index in [0.29, 0.717) is 0 Å². The molecule has 0 radical (unpaired) electrons. The van der Waals surface area contributed by atoms with E-state index in [1.807, 2.05) is 7.11 Å². The minimum Gasteiger partial charge on any atom is -0.379 e. The van der Waals surface area contributed by atoms with E-state index in [4.69, 9.17) is 4.74 Å². The Hall–Kier alpha value is -0.0800. The van der Waals surface area contributed by atoms with Crippen LogP contribution in [-0.2, 0) is 4.74 Å². The van der Waals surface area contributed by atoms with Crippen LogP contribution in [0.5, 0.6) is 0 Å². The van der Waals surface area contributed by atoms with Gasteiger partial charge in [0.1, 0.15) is 0 Å². The number of hydrogen-bond acceptors (Lipinski definition) is 2. The normalized spacial score (nSPS) is 28.0. The summed E-state index contributed by atoms with van der Waals surface area (Å²) in [5.74, 6) is 0.859. The Labute approximate surface area is 94.8 Å². The van der Waals surface area contributed by atoms with E-state index in [-0.39, 0.29) is 5.60 Å². The molecule has 0 spiro atoms. The Balaban J connectivity index is 2.35. The maximum absolute atomic E-state index is 5.48. The van der Waals surface area contributed by atoms with Crippen LogP contribution in [0.15, 0.2) is 0 Å². The third-order valence-corrected chi connectivity index (χ3v) is 3.95. The molecular weight excluding hydrogens is 186 g/mol.